The van der Waals surface area contributed by atoms with Crippen LogP contribution < -0.4 is 15.8 Å². The third-order valence-corrected chi connectivity index (χ3v) is 4.18. The summed E-state index contributed by atoms with van der Waals surface area (Å²) >= 11 is 3.66. The molecular formula is C12H9ClN4O5S. The lowest BCUT2D eigenvalue weighted by molar-refractivity contribution is 0.262. The minimum Gasteiger partial charge on any atom is -0.380 e. The standard InChI is InChI=1S/C12H9ClN4O5S/c1-6-9(10(14)15-20-6)23(19)22-17-11(16-21-12(17)18)7-2-4-8(13)5-3-7/h2-5H,1H3,(H2,14,15). The predicted octanol–water partition coefficient (Wildman–Crippen LogP) is 1.19. The monoisotopic (exact) mass is 356 g/mol. The summed E-state index contributed by atoms with van der Waals surface area (Å²) in [5.74, 6) is -0.819. The first kappa shape index (κ1) is 15.3. The van der Waals surface area contributed by atoms with Gasteiger partial charge in [0, 0.05) is 10.6 Å². The van der Waals surface area contributed by atoms with Crippen molar-refractivity contribution in [1.82, 2.24) is 15.0 Å². The Hall–Kier alpha value is -2.59. The van der Waals surface area contributed by atoms with Gasteiger partial charge >= 0.3 is 5.76 Å². The number of nitrogens with zero attached hydrogens (tertiary/aromatic N) is 3. The molecule has 0 spiro atoms. The van der Waals surface area contributed by atoms with Crippen molar-refractivity contribution in [2.45, 2.75) is 11.8 Å². The summed E-state index contributed by atoms with van der Waals surface area (Å²) < 4.78 is 27.4. The molecule has 0 saturated carbocycles. The molecule has 2 N–H and O–H groups in total. The van der Waals surface area contributed by atoms with E-state index in [1.165, 1.54) is 6.92 Å². The number of hydrogen-bond acceptors (Lipinski definition) is 8. The van der Waals surface area contributed by atoms with E-state index in [1.807, 2.05) is 0 Å². The lowest BCUT2D eigenvalue weighted by Crippen LogP contribution is -2.26. The second-order valence-electron chi connectivity index (χ2n) is 4.34. The molecule has 0 aliphatic heterocycles. The van der Waals surface area contributed by atoms with Crippen LogP contribution >= 0.6 is 11.6 Å². The lowest BCUT2D eigenvalue weighted by Gasteiger charge is -2.05. The van der Waals surface area contributed by atoms with E-state index in [0.717, 1.165) is 0 Å². The van der Waals surface area contributed by atoms with E-state index in [4.69, 9.17) is 26.1 Å². The average Bonchev–Trinajstić information content (AvgIpc) is 3.04. The van der Waals surface area contributed by atoms with Crippen LogP contribution in [0.25, 0.3) is 11.4 Å². The second kappa shape index (κ2) is 5.89. The summed E-state index contributed by atoms with van der Waals surface area (Å²) in [5, 5.41) is 7.57. The SMILES string of the molecule is Cc1onc(N)c1S(=O)On1c(-c2ccc(Cl)cc2)noc1=O. The molecule has 120 valence electrons. The van der Waals surface area contributed by atoms with Crippen LogP contribution in [-0.4, -0.2) is 19.3 Å². The highest BCUT2D eigenvalue weighted by atomic mass is 35.5. The molecule has 23 heavy (non-hydrogen) atoms. The van der Waals surface area contributed by atoms with E-state index >= 15 is 0 Å². The first-order valence-electron chi connectivity index (χ1n) is 6.14. The van der Waals surface area contributed by atoms with Crippen molar-refractivity contribution in [2.75, 3.05) is 5.73 Å². The summed E-state index contributed by atoms with van der Waals surface area (Å²) in [6, 6.07) is 6.39. The van der Waals surface area contributed by atoms with Gasteiger partial charge in [-0.15, -0.1) is 0 Å². The van der Waals surface area contributed by atoms with Gasteiger partial charge in [0.1, 0.15) is 0 Å². The zero-order valence-electron chi connectivity index (χ0n) is 11.6. The van der Waals surface area contributed by atoms with Crippen LogP contribution in [0.2, 0.25) is 5.02 Å². The summed E-state index contributed by atoms with van der Waals surface area (Å²) in [6.45, 7) is 1.51. The molecule has 0 amide bonds. The van der Waals surface area contributed by atoms with Crippen molar-refractivity contribution in [3.05, 3.63) is 45.6 Å². The van der Waals surface area contributed by atoms with Crippen molar-refractivity contribution < 1.29 is 17.5 Å². The van der Waals surface area contributed by atoms with Crippen LogP contribution in [0.5, 0.6) is 0 Å². The first-order chi connectivity index (χ1) is 11.0. The van der Waals surface area contributed by atoms with Gasteiger partial charge in [-0.1, -0.05) is 26.6 Å². The molecule has 3 rings (SSSR count). The van der Waals surface area contributed by atoms with Crippen molar-refractivity contribution in [3.63, 3.8) is 0 Å². The van der Waals surface area contributed by atoms with Crippen molar-refractivity contribution in [1.29, 1.82) is 0 Å². The summed E-state index contributed by atoms with van der Waals surface area (Å²) in [5.41, 5.74) is 6.04. The largest absolute Gasteiger partial charge is 0.476 e. The Bertz CT molecular complexity index is 910. The molecule has 0 fully saturated rings. The molecular weight excluding hydrogens is 348 g/mol. The van der Waals surface area contributed by atoms with Crippen LogP contribution in [0, 0.1) is 6.92 Å². The number of anilines is 1. The minimum atomic E-state index is -2.15. The number of halogens is 1. The molecule has 1 aromatic carbocycles. The Balaban J connectivity index is 1.98. The Morgan fingerprint density at radius 1 is 1.26 bits per heavy atom. The maximum absolute atomic E-state index is 12.3. The van der Waals surface area contributed by atoms with Gasteiger partial charge in [0.2, 0.25) is 5.82 Å². The molecule has 2 aromatic heterocycles. The van der Waals surface area contributed by atoms with Crippen molar-refractivity contribution >= 4 is 28.5 Å². The van der Waals surface area contributed by atoms with E-state index in [0.29, 0.717) is 15.3 Å². The number of aryl methyl sites for hydroxylation is 1. The molecule has 1 atom stereocenters. The highest BCUT2D eigenvalue weighted by molar-refractivity contribution is 7.80. The summed E-state index contributed by atoms with van der Waals surface area (Å²) in [4.78, 5) is 11.8. The maximum atomic E-state index is 12.3. The Labute approximate surface area is 136 Å². The van der Waals surface area contributed by atoms with Gasteiger partial charge in [0.25, 0.3) is 11.1 Å². The highest BCUT2D eigenvalue weighted by Gasteiger charge is 2.23. The fourth-order valence-corrected chi connectivity index (χ4v) is 2.71. The molecule has 0 aliphatic rings. The lowest BCUT2D eigenvalue weighted by atomic mass is 10.2. The smallest absolute Gasteiger partial charge is 0.380 e. The molecule has 0 aliphatic carbocycles. The first-order valence-corrected chi connectivity index (χ1v) is 7.59. The van der Waals surface area contributed by atoms with Gasteiger partial charge in [-0.25, -0.2) is 9.00 Å². The van der Waals surface area contributed by atoms with E-state index < -0.39 is 16.8 Å². The minimum absolute atomic E-state index is 0.0210. The molecule has 11 heteroatoms. The third-order valence-electron chi connectivity index (χ3n) is 2.81. The van der Waals surface area contributed by atoms with Crippen LogP contribution in [-0.2, 0) is 11.1 Å². The number of aromatic nitrogens is 3. The van der Waals surface area contributed by atoms with Crippen molar-refractivity contribution in [2.24, 2.45) is 0 Å². The summed E-state index contributed by atoms with van der Waals surface area (Å²) in [7, 11) is 0. The predicted molar refractivity (Wildman–Crippen MR) is 79.8 cm³/mol. The normalized spacial score (nSPS) is 12.3. The molecule has 0 bridgehead atoms. The molecule has 2 heterocycles. The Kier molecular flexibility index (Phi) is 3.92. The van der Waals surface area contributed by atoms with Gasteiger partial charge in [0.15, 0.2) is 16.5 Å². The van der Waals surface area contributed by atoms with Crippen LogP contribution in [0.15, 0.2) is 43.0 Å². The number of nitrogens with two attached hydrogens (primary N) is 1. The topological polar surface area (TPSA) is 126 Å². The number of benzene rings is 1. The van der Waals surface area contributed by atoms with Gasteiger partial charge in [-0.05, 0) is 31.2 Å². The molecule has 9 nitrogen and oxygen atoms in total. The number of rotatable bonds is 4. The van der Waals surface area contributed by atoms with Gasteiger partial charge in [-0.2, -0.15) is 0 Å². The average molecular weight is 357 g/mol. The quantitative estimate of drug-likeness (QED) is 0.738. The maximum Gasteiger partial charge on any atom is 0.476 e. The molecule has 3 aromatic rings. The highest BCUT2D eigenvalue weighted by Crippen LogP contribution is 2.21. The summed E-state index contributed by atoms with van der Waals surface area (Å²) in [6.07, 6.45) is 0. The van der Waals surface area contributed by atoms with Crippen LogP contribution in [0.3, 0.4) is 0 Å². The number of nitrogen functional groups attached to an aromatic ring is 1. The molecule has 0 saturated heterocycles. The van der Waals surface area contributed by atoms with Crippen LogP contribution in [0.4, 0.5) is 5.82 Å². The zero-order valence-corrected chi connectivity index (χ0v) is 13.1. The Morgan fingerprint density at radius 3 is 2.57 bits per heavy atom. The van der Waals surface area contributed by atoms with Crippen LogP contribution in [0.1, 0.15) is 5.76 Å². The third kappa shape index (κ3) is 2.85. The number of hydrogen-bond donors (Lipinski definition) is 1. The molecule has 0 radical (unpaired) electrons. The van der Waals surface area contributed by atoms with E-state index in [9.17, 15) is 9.00 Å². The molecule has 1 unspecified atom stereocenters. The van der Waals surface area contributed by atoms with E-state index in [-0.39, 0.29) is 22.3 Å². The van der Waals surface area contributed by atoms with Gasteiger partial charge in [-0.3, -0.25) is 8.81 Å². The van der Waals surface area contributed by atoms with Gasteiger partial charge < -0.3 is 10.3 Å². The Morgan fingerprint density at radius 2 is 1.96 bits per heavy atom. The van der Waals surface area contributed by atoms with Gasteiger partial charge in [0.05, 0.1) is 0 Å². The van der Waals surface area contributed by atoms with E-state index in [1.54, 1.807) is 24.3 Å². The zero-order chi connectivity index (χ0) is 16.6. The van der Waals surface area contributed by atoms with E-state index in [2.05, 4.69) is 14.8 Å². The van der Waals surface area contributed by atoms with Crippen molar-refractivity contribution in [3.8, 4) is 11.4 Å². The fourth-order valence-electron chi connectivity index (χ4n) is 1.77. The second-order valence-corrected chi connectivity index (χ2v) is 5.80. The fraction of sp³-hybridized carbons (Fsp3) is 0.0833.